The molecular formula is C29H25N5O3. The van der Waals surface area contributed by atoms with Crippen molar-refractivity contribution in [1.82, 2.24) is 20.6 Å². The highest BCUT2D eigenvalue weighted by atomic mass is 16.5. The van der Waals surface area contributed by atoms with E-state index in [1.54, 1.807) is 37.5 Å². The van der Waals surface area contributed by atoms with Gasteiger partial charge in [0.15, 0.2) is 0 Å². The molecule has 5 rings (SSSR count). The van der Waals surface area contributed by atoms with Crippen molar-refractivity contribution in [2.75, 3.05) is 13.7 Å². The Kier molecular flexibility index (Phi) is 6.38. The molecule has 0 radical (unpaired) electrons. The van der Waals surface area contributed by atoms with Crippen molar-refractivity contribution >= 4 is 22.7 Å². The molecule has 4 aromatic rings. The van der Waals surface area contributed by atoms with Gasteiger partial charge in [0, 0.05) is 35.3 Å². The van der Waals surface area contributed by atoms with Crippen LogP contribution in [0.2, 0.25) is 0 Å². The van der Waals surface area contributed by atoms with Crippen molar-refractivity contribution in [2.24, 2.45) is 0 Å². The van der Waals surface area contributed by atoms with Crippen molar-refractivity contribution in [3.63, 3.8) is 0 Å². The number of hydrogen-bond donors (Lipinski definition) is 2. The molecule has 2 amide bonds. The van der Waals surface area contributed by atoms with E-state index in [9.17, 15) is 14.9 Å². The molecule has 1 atom stereocenters. The van der Waals surface area contributed by atoms with Gasteiger partial charge in [-0.05, 0) is 60.5 Å². The number of nitrogens with zero attached hydrogens (tertiary/aromatic N) is 3. The van der Waals surface area contributed by atoms with Gasteiger partial charge in [0.1, 0.15) is 5.41 Å². The molecule has 1 aliphatic heterocycles. The average Bonchev–Trinajstić information content (AvgIpc) is 2.95. The minimum atomic E-state index is -0.785. The molecule has 0 saturated carbocycles. The van der Waals surface area contributed by atoms with E-state index < -0.39 is 5.41 Å². The molecule has 8 heteroatoms. The van der Waals surface area contributed by atoms with Crippen LogP contribution in [0, 0.1) is 11.3 Å². The smallest absolute Gasteiger partial charge is 0.251 e. The van der Waals surface area contributed by atoms with Crippen LogP contribution in [0.5, 0.6) is 0 Å². The second-order valence-corrected chi connectivity index (χ2v) is 9.22. The number of amides is 2. The highest BCUT2D eigenvalue weighted by molar-refractivity contribution is 5.95. The predicted molar refractivity (Wildman–Crippen MR) is 139 cm³/mol. The second kappa shape index (κ2) is 9.80. The zero-order valence-electron chi connectivity index (χ0n) is 20.5. The molecule has 3 heterocycles. The third-order valence-corrected chi connectivity index (χ3v) is 6.57. The van der Waals surface area contributed by atoms with Gasteiger partial charge in [0.05, 0.1) is 42.7 Å². The Morgan fingerprint density at radius 1 is 1.08 bits per heavy atom. The number of nitriles is 1. The van der Waals surface area contributed by atoms with E-state index in [0.717, 1.165) is 33.3 Å². The summed E-state index contributed by atoms with van der Waals surface area (Å²) in [6.45, 7) is 2.78. The summed E-state index contributed by atoms with van der Waals surface area (Å²) in [6.07, 6.45) is 1.73. The van der Waals surface area contributed by atoms with Crippen LogP contribution in [0.4, 0.5) is 0 Å². The maximum atomic E-state index is 12.9. The highest BCUT2D eigenvalue weighted by Crippen LogP contribution is 2.32. The molecule has 0 aliphatic carbocycles. The molecule has 8 nitrogen and oxygen atoms in total. The Labute approximate surface area is 214 Å². The lowest BCUT2D eigenvalue weighted by atomic mass is 9.79. The van der Waals surface area contributed by atoms with Crippen molar-refractivity contribution in [3.05, 3.63) is 94.8 Å². The number of fused-ring (bicyclic) bond motifs is 2. The molecule has 0 fully saturated rings. The summed E-state index contributed by atoms with van der Waals surface area (Å²) in [7, 11) is 1.60. The quantitative estimate of drug-likeness (QED) is 0.437. The first kappa shape index (κ1) is 24.1. The molecule has 1 aliphatic rings. The van der Waals surface area contributed by atoms with Gasteiger partial charge < -0.3 is 15.4 Å². The fourth-order valence-corrected chi connectivity index (χ4v) is 4.45. The van der Waals surface area contributed by atoms with Gasteiger partial charge in [-0.15, -0.1) is 0 Å². The summed E-state index contributed by atoms with van der Waals surface area (Å²) in [4.78, 5) is 34.2. The van der Waals surface area contributed by atoms with Crippen molar-refractivity contribution in [1.29, 1.82) is 5.26 Å². The van der Waals surface area contributed by atoms with Gasteiger partial charge in [0.2, 0.25) is 0 Å². The van der Waals surface area contributed by atoms with E-state index in [2.05, 4.69) is 21.7 Å². The largest absolute Gasteiger partial charge is 0.375 e. The second-order valence-electron chi connectivity index (χ2n) is 9.22. The van der Waals surface area contributed by atoms with E-state index in [0.29, 0.717) is 30.0 Å². The summed E-state index contributed by atoms with van der Waals surface area (Å²) in [5, 5.41) is 16.1. The standard InChI is InChI=1S/C29H25N5O3/c1-29(16-30)17-37-15-22-7-6-20(11-24(22)29)28(36)33-14-23-12-26-21(13-32-23)8-9-25(34-26)18-4-3-5-19(10-18)27(35)31-2/h3-13H,14-15,17H2,1-2H3,(H,31,35)(H,33,36)/t29-/m1/s1. The fraction of sp³-hybridized carbons (Fsp3) is 0.207. The third-order valence-electron chi connectivity index (χ3n) is 6.57. The first-order valence-corrected chi connectivity index (χ1v) is 11.9. The molecule has 2 aromatic heterocycles. The summed E-state index contributed by atoms with van der Waals surface area (Å²) in [5.41, 5.74) is 4.98. The first-order valence-electron chi connectivity index (χ1n) is 11.9. The lowest BCUT2D eigenvalue weighted by molar-refractivity contribution is 0.0757. The van der Waals surface area contributed by atoms with E-state index in [1.165, 1.54) is 0 Å². The molecule has 0 unspecified atom stereocenters. The summed E-state index contributed by atoms with van der Waals surface area (Å²) < 4.78 is 5.55. The van der Waals surface area contributed by atoms with Gasteiger partial charge in [-0.1, -0.05) is 18.2 Å². The van der Waals surface area contributed by atoms with Crippen molar-refractivity contribution < 1.29 is 14.3 Å². The monoisotopic (exact) mass is 491 g/mol. The summed E-state index contributed by atoms with van der Waals surface area (Å²) in [5.74, 6) is -0.404. The van der Waals surface area contributed by atoms with E-state index in [1.807, 2.05) is 43.3 Å². The molecule has 2 aromatic carbocycles. The topological polar surface area (TPSA) is 117 Å². The number of rotatable bonds is 5. The number of carbonyl (C=O) groups is 2. The highest BCUT2D eigenvalue weighted by Gasteiger charge is 2.33. The van der Waals surface area contributed by atoms with Crippen molar-refractivity contribution in [3.8, 4) is 17.3 Å². The van der Waals surface area contributed by atoms with Gasteiger partial charge in [-0.3, -0.25) is 14.6 Å². The maximum Gasteiger partial charge on any atom is 0.251 e. The van der Waals surface area contributed by atoms with Crippen LogP contribution < -0.4 is 10.6 Å². The van der Waals surface area contributed by atoms with Crippen LogP contribution in [0.3, 0.4) is 0 Å². The zero-order valence-corrected chi connectivity index (χ0v) is 20.5. The number of pyridine rings is 2. The van der Waals surface area contributed by atoms with Gasteiger partial charge in [-0.2, -0.15) is 5.26 Å². The number of ether oxygens (including phenoxy) is 1. The van der Waals surface area contributed by atoms with E-state index in [4.69, 9.17) is 9.72 Å². The van der Waals surface area contributed by atoms with Crippen LogP contribution in [0.25, 0.3) is 22.2 Å². The molecular weight excluding hydrogens is 466 g/mol. The van der Waals surface area contributed by atoms with Crippen molar-refractivity contribution in [2.45, 2.75) is 25.5 Å². The Bertz CT molecular complexity index is 1580. The molecule has 2 N–H and O–H groups in total. The third kappa shape index (κ3) is 4.77. The lowest BCUT2D eigenvalue weighted by Gasteiger charge is -2.30. The molecule has 0 spiro atoms. The maximum absolute atomic E-state index is 12.9. The SMILES string of the molecule is CNC(=O)c1cccc(-c2ccc3cnc(CNC(=O)c4ccc5c(c4)[C@](C)(C#N)COC5)cc3n2)c1. The van der Waals surface area contributed by atoms with Gasteiger partial charge >= 0.3 is 0 Å². The number of hydrogen-bond acceptors (Lipinski definition) is 6. The van der Waals surface area contributed by atoms with Crippen LogP contribution in [0.15, 0.2) is 66.9 Å². The molecule has 0 bridgehead atoms. The normalized spacial score (nSPS) is 16.5. The van der Waals surface area contributed by atoms with Gasteiger partial charge in [-0.25, -0.2) is 4.98 Å². The lowest BCUT2D eigenvalue weighted by Crippen LogP contribution is -2.33. The van der Waals surface area contributed by atoms with Crippen LogP contribution in [0.1, 0.15) is 44.5 Å². The Morgan fingerprint density at radius 2 is 1.92 bits per heavy atom. The predicted octanol–water partition coefficient (Wildman–Crippen LogP) is 3.90. The molecule has 184 valence electrons. The molecule has 0 saturated heterocycles. The average molecular weight is 492 g/mol. The van der Waals surface area contributed by atoms with Crippen LogP contribution in [-0.2, 0) is 23.3 Å². The zero-order chi connectivity index (χ0) is 26.0. The molecule has 37 heavy (non-hydrogen) atoms. The first-order chi connectivity index (χ1) is 17.9. The minimum Gasteiger partial charge on any atom is -0.375 e. The Balaban J connectivity index is 1.35. The fourth-order valence-electron chi connectivity index (χ4n) is 4.45. The Morgan fingerprint density at radius 3 is 2.73 bits per heavy atom. The summed E-state index contributed by atoms with van der Waals surface area (Å²) >= 11 is 0. The van der Waals surface area contributed by atoms with E-state index in [-0.39, 0.29) is 18.4 Å². The van der Waals surface area contributed by atoms with E-state index >= 15 is 0 Å². The number of aromatic nitrogens is 2. The summed E-state index contributed by atoms with van der Waals surface area (Å²) in [6, 6.07) is 20.6. The number of nitrogens with one attached hydrogen (secondary N) is 2. The van der Waals surface area contributed by atoms with Crippen LogP contribution in [-0.4, -0.2) is 35.4 Å². The van der Waals surface area contributed by atoms with Crippen LogP contribution >= 0.6 is 0 Å². The number of benzene rings is 2. The Hall–Kier alpha value is -4.61. The van der Waals surface area contributed by atoms with Gasteiger partial charge in [0.25, 0.3) is 11.8 Å². The minimum absolute atomic E-state index is 0.158. The number of carbonyl (C=O) groups excluding carboxylic acids is 2.